The van der Waals surface area contributed by atoms with Crippen LogP contribution < -0.4 is 9.97 Å². The first-order chi connectivity index (χ1) is 13.3. The molecule has 28 heavy (non-hydrogen) atoms. The summed E-state index contributed by atoms with van der Waals surface area (Å²) in [5.41, 5.74) is 0.998. The third-order valence-corrected chi connectivity index (χ3v) is 4.07. The molecule has 2 unspecified atom stereocenters. The van der Waals surface area contributed by atoms with Crippen molar-refractivity contribution in [2.75, 3.05) is 0 Å². The van der Waals surface area contributed by atoms with Crippen LogP contribution in [0, 0.1) is 17.2 Å². The number of nitriles is 1. The fraction of sp³-hybridized carbons (Fsp3) is 0.474. The Labute approximate surface area is 164 Å². The van der Waals surface area contributed by atoms with Crippen molar-refractivity contribution in [1.82, 2.24) is 5.32 Å². The van der Waals surface area contributed by atoms with Crippen molar-refractivity contribution >= 4 is 25.3 Å². The number of fused-ring (bicyclic) bond motifs is 1. The van der Waals surface area contributed by atoms with Gasteiger partial charge in [0, 0.05) is 25.7 Å². The van der Waals surface area contributed by atoms with Crippen molar-refractivity contribution in [3.8, 4) is 11.8 Å². The highest BCUT2D eigenvalue weighted by Crippen LogP contribution is 2.29. The van der Waals surface area contributed by atoms with E-state index >= 15 is 0 Å². The minimum Gasteiger partial charge on any atom is -0.561 e. The van der Waals surface area contributed by atoms with Crippen LogP contribution in [-0.4, -0.2) is 37.6 Å². The molecule has 0 spiro atoms. The van der Waals surface area contributed by atoms with E-state index in [0.29, 0.717) is 12.2 Å². The van der Waals surface area contributed by atoms with E-state index < -0.39 is 18.2 Å². The SMILES string of the molecule is CC(OC(=O)c1cccc2c1OBC(NC(=O)CCC#N)C2)OC(=O)C(C)C. The van der Waals surface area contributed by atoms with Crippen molar-refractivity contribution < 1.29 is 28.5 Å². The third-order valence-electron chi connectivity index (χ3n) is 4.07. The van der Waals surface area contributed by atoms with Crippen LogP contribution in [0.25, 0.3) is 0 Å². The van der Waals surface area contributed by atoms with Gasteiger partial charge in [0.1, 0.15) is 11.3 Å². The lowest BCUT2D eigenvalue weighted by Gasteiger charge is -2.26. The molecule has 0 radical (unpaired) electrons. The minimum atomic E-state index is -1.02. The molecular formula is C19H23BN2O6. The number of carbonyl (C=O) groups is 3. The van der Waals surface area contributed by atoms with Crippen LogP contribution in [0.15, 0.2) is 18.2 Å². The molecule has 1 aliphatic rings. The summed E-state index contributed by atoms with van der Waals surface area (Å²) in [6, 6.07) is 7.01. The Balaban J connectivity index is 2.01. The molecule has 1 aromatic rings. The Bertz CT molecular complexity index is 789. The number of hydrogen-bond acceptors (Lipinski definition) is 7. The van der Waals surface area contributed by atoms with Crippen LogP contribution in [0.3, 0.4) is 0 Å². The number of rotatable bonds is 7. The van der Waals surface area contributed by atoms with E-state index in [1.807, 2.05) is 12.1 Å². The highest BCUT2D eigenvalue weighted by atomic mass is 16.7. The second-order valence-corrected chi connectivity index (χ2v) is 6.80. The van der Waals surface area contributed by atoms with E-state index in [0.717, 1.165) is 5.56 Å². The van der Waals surface area contributed by atoms with Gasteiger partial charge in [0.2, 0.25) is 12.2 Å². The maximum Gasteiger partial charge on any atom is 0.363 e. The summed E-state index contributed by atoms with van der Waals surface area (Å²) in [6.45, 7) is 4.85. The molecule has 0 saturated heterocycles. The Morgan fingerprint density at radius 3 is 2.75 bits per heavy atom. The first kappa shape index (κ1) is 21.3. The molecule has 1 amide bonds. The van der Waals surface area contributed by atoms with Crippen LogP contribution >= 0.6 is 0 Å². The molecule has 1 aliphatic heterocycles. The van der Waals surface area contributed by atoms with Gasteiger partial charge in [0.15, 0.2) is 0 Å². The summed E-state index contributed by atoms with van der Waals surface area (Å²) in [7, 11) is 0.202. The fourth-order valence-electron chi connectivity index (χ4n) is 2.68. The molecule has 0 aliphatic carbocycles. The molecular weight excluding hydrogens is 363 g/mol. The fourth-order valence-corrected chi connectivity index (χ4v) is 2.68. The molecule has 0 saturated carbocycles. The lowest BCUT2D eigenvalue weighted by molar-refractivity contribution is -0.169. The largest absolute Gasteiger partial charge is 0.561 e. The summed E-state index contributed by atoms with van der Waals surface area (Å²) in [5.74, 6) is -1.49. The van der Waals surface area contributed by atoms with Gasteiger partial charge in [0.25, 0.3) is 0 Å². The van der Waals surface area contributed by atoms with Crippen LogP contribution in [0.4, 0.5) is 0 Å². The summed E-state index contributed by atoms with van der Waals surface area (Å²) in [6.07, 6.45) is -0.230. The van der Waals surface area contributed by atoms with Gasteiger partial charge in [-0.15, -0.1) is 0 Å². The lowest BCUT2D eigenvalue weighted by Crippen LogP contribution is -2.45. The minimum absolute atomic E-state index is 0.138. The molecule has 0 fully saturated rings. The number of para-hydroxylation sites is 1. The van der Waals surface area contributed by atoms with Crippen molar-refractivity contribution in [3.05, 3.63) is 29.3 Å². The quantitative estimate of drug-likeness (QED) is 0.428. The number of amides is 1. The molecule has 8 nitrogen and oxygen atoms in total. The number of carbonyl (C=O) groups excluding carboxylic acids is 3. The highest BCUT2D eigenvalue weighted by molar-refractivity contribution is 6.32. The zero-order valence-electron chi connectivity index (χ0n) is 16.2. The van der Waals surface area contributed by atoms with Gasteiger partial charge in [0.05, 0.1) is 12.0 Å². The second-order valence-electron chi connectivity index (χ2n) is 6.80. The number of nitrogens with zero attached hydrogens (tertiary/aromatic N) is 1. The number of esters is 2. The molecule has 1 aromatic carbocycles. The molecule has 0 bridgehead atoms. The highest BCUT2D eigenvalue weighted by Gasteiger charge is 2.28. The molecule has 0 aromatic heterocycles. The molecule has 148 valence electrons. The smallest absolute Gasteiger partial charge is 0.363 e. The Kier molecular flexibility index (Phi) is 7.44. The van der Waals surface area contributed by atoms with Crippen molar-refractivity contribution in [1.29, 1.82) is 5.26 Å². The zero-order chi connectivity index (χ0) is 20.7. The van der Waals surface area contributed by atoms with Crippen LogP contribution in [-0.2, 0) is 25.5 Å². The van der Waals surface area contributed by atoms with Crippen molar-refractivity contribution in [2.24, 2.45) is 5.92 Å². The molecule has 9 heteroatoms. The van der Waals surface area contributed by atoms with Gasteiger partial charge >= 0.3 is 19.4 Å². The van der Waals surface area contributed by atoms with E-state index in [9.17, 15) is 14.4 Å². The van der Waals surface area contributed by atoms with Crippen LogP contribution in [0.5, 0.6) is 5.75 Å². The Hall–Kier alpha value is -3.02. The first-order valence-corrected chi connectivity index (χ1v) is 9.14. The van der Waals surface area contributed by atoms with Gasteiger partial charge in [-0.3, -0.25) is 9.59 Å². The molecule has 2 atom stereocenters. The van der Waals surface area contributed by atoms with Crippen LogP contribution in [0.2, 0.25) is 0 Å². The molecule has 1 heterocycles. The summed E-state index contributed by atoms with van der Waals surface area (Å²) in [4.78, 5) is 35.8. The second kappa shape index (κ2) is 9.79. The van der Waals surface area contributed by atoms with Crippen molar-refractivity contribution in [3.63, 3.8) is 0 Å². The third kappa shape index (κ3) is 5.74. The van der Waals surface area contributed by atoms with E-state index in [4.69, 9.17) is 19.4 Å². The van der Waals surface area contributed by atoms with E-state index in [1.54, 1.807) is 26.0 Å². The summed E-state index contributed by atoms with van der Waals surface area (Å²) < 4.78 is 16.0. The predicted molar refractivity (Wildman–Crippen MR) is 101 cm³/mol. The van der Waals surface area contributed by atoms with Gasteiger partial charge in [-0.05, 0) is 18.1 Å². The normalized spacial score (nSPS) is 15.9. The van der Waals surface area contributed by atoms with E-state index in [1.165, 1.54) is 6.92 Å². The van der Waals surface area contributed by atoms with E-state index in [-0.39, 0.29) is 43.7 Å². The monoisotopic (exact) mass is 386 g/mol. The maximum atomic E-state index is 12.5. The van der Waals surface area contributed by atoms with Gasteiger partial charge in [-0.2, -0.15) is 5.26 Å². The number of hydrogen-bond donors (Lipinski definition) is 1. The summed E-state index contributed by atoms with van der Waals surface area (Å²) in [5, 5.41) is 11.4. The van der Waals surface area contributed by atoms with Gasteiger partial charge in [-0.1, -0.05) is 26.0 Å². The lowest BCUT2D eigenvalue weighted by atomic mass is 9.79. The standard InChI is InChI=1S/C19H23BN2O6/c1-11(2)18(24)26-12(3)27-19(25)14-7-4-6-13-10-15(20-28-17(13)14)22-16(23)8-5-9-21/h4,6-7,11-12,15,20H,5,8,10H2,1-3H3,(H,22,23). The Morgan fingerprint density at radius 2 is 2.07 bits per heavy atom. The number of benzene rings is 1. The zero-order valence-corrected chi connectivity index (χ0v) is 16.2. The predicted octanol–water partition coefficient (Wildman–Crippen LogP) is 1.42. The first-order valence-electron chi connectivity index (χ1n) is 9.14. The molecule has 1 N–H and O–H groups in total. The average Bonchev–Trinajstić information content (AvgIpc) is 2.65. The number of ether oxygens (including phenoxy) is 2. The van der Waals surface area contributed by atoms with Gasteiger partial charge < -0.3 is 19.4 Å². The van der Waals surface area contributed by atoms with Crippen molar-refractivity contribution in [2.45, 2.75) is 52.3 Å². The Morgan fingerprint density at radius 1 is 1.32 bits per heavy atom. The maximum absolute atomic E-state index is 12.5. The van der Waals surface area contributed by atoms with E-state index in [2.05, 4.69) is 5.32 Å². The van der Waals surface area contributed by atoms with Gasteiger partial charge in [-0.25, -0.2) is 4.79 Å². The number of nitrogens with one attached hydrogen (secondary N) is 1. The topological polar surface area (TPSA) is 115 Å². The average molecular weight is 386 g/mol. The summed E-state index contributed by atoms with van der Waals surface area (Å²) >= 11 is 0. The molecule has 2 rings (SSSR count). The van der Waals surface area contributed by atoms with Crippen LogP contribution in [0.1, 0.15) is 49.5 Å².